The number of thiophene rings is 1. The van der Waals surface area contributed by atoms with Crippen molar-refractivity contribution in [2.24, 2.45) is 0 Å². The lowest BCUT2D eigenvalue weighted by molar-refractivity contribution is 0.152. The van der Waals surface area contributed by atoms with E-state index in [4.69, 9.17) is 21.0 Å². The lowest BCUT2D eigenvalue weighted by Gasteiger charge is -2.19. The molecule has 0 unspecified atom stereocenters. The summed E-state index contributed by atoms with van der Waals surface area (Å²) in [6.45, 7) is 2.95. The predicted octanol–water partition coefficient (Wildman–Crippen LogP) is 1.30. The van der Waals surface area contributed by atoms with Gasteiger partial charge < -0.3 is 15.4 Å². The van der Waals surface area contributed by atoms with Crippen LogP contribution in [0.25, 0.3) is 0 Å². The van der Waals surface area contributed by atoms with Crippen LogP contribution in [-0.4, -0.2) is 26.3 Å². The molecule has 0 saturated carbocycles. The molecule has 0 amide bonds. The zero-order valence-electron chi connectivity index (χ0n) is 9.27. The van der Waals surface area contributed by atoms with E-state index in [0.717, 1.165) is 31.1 Å². The molecule has 0 spiro atoms. The van der Waals surface area contributed by atoms with E-state index in [1.165, 1.54) is 11.3 Å². The van der Waals surface area contributed by atoms with Gasteiger partial charge in [0.1, 0.15) is 27.6 Å². The van der Waals surface area contributed by atoms with Gasteiger partial charge in [-0.05, 0) is 6.42 Å². The molecule has 0 aromatic carbocycles. The minimum absolute atomic E-state index is 0.306. The van der Waals surface area contributed by atoms with Crippen molar-refractivity contribution in [2.75, 3.05) is 36.9 Å². The smallest absolute Gasteiger partial charge is 0.131 e. The molecule has 17 heavy (non-hydrogen) atoms. The maximum absolute atomic E-state index is 9.12. The van der Waals surface area contributed by atoms with Gasteiger partial charge in [0.15, 0.2) is 0 Å². The zero-order valence-corrected chi connectivity index (χ0v) is 10.1. The second-order valence-corrected chi connectivity index (χ2v) is 4.70. The molecule has 1 aromatic rings. The molecule has 88 valence electrons. The van der Waals surface area contributed by atoms with E-state index in [1.807, 2.05) is 6.07 Å². The molecule has 0 aliphatic carbocycles. The minimum atomic E-state index is 0.306. The number of nitrogens with two attached hydrogens (primary N) is 1. The molecule has 1 aliphatic heterocycles. The molecule has 6 heteroatoms. The first kappa shape index (κ1) is 11.7. The molecule has 1 fully saturated rings. The van der Waals surface area contributed by atoms with Gasteiger partial charge in [0, 0.05) is 19.7 Å². The number of nitrogen functional groups attached to an aromatic ring is 1. The Morgan fingerprint density at radius 2 is 2.06 bits per heavy atom. The normalized spacial score (nSPS) is 16.0. The zero-order chi connectivity index (χ0) is 12.3. The molecule has 0 atom stereocenters. The van der Waals surface area contributed by atoms with Crippen molar-refractivity contribution in [3.8, 4) is 12.1 Å². The third-order valence-electron chi connectivity index (χ3n) is 2.65. The third-order valence-corrected chi connectivity index (χ3v) is 3.82. The van der Waals surface area contributed by atoms with Crippen LogP contribution in [0.3, 0.4) is 0 Å². The first-order valence-corrected chi connectivity index (χ1v) is 6.14. The molecule has 1 aliphatic rings. The van der Waals surface area contributed by atoms with Gasteiger partial charge in [-0.1, -0.05) is 0 Å². The predicted molar refractivity (Wildman–Crippen MR) is 65.8 cm³/mol. The summed E-state index contributed by atoms with van der Waals surface area (Å²) in [5.74, 6) is 0. The van der Waals surface area contributed by atoms with E-state index >= 15 is 0 Å². The largest absolute Gasteiger partial charge is 0.396 e. The number of hydrogen-bond acceptors (Lipinski definition) is 6. The monoisotopic (exact) mass is 248 g/mol. The molecular formula is C11H12N4OS. The van der Waals surface area contributed by atoms with E-state index in [-0.39, 0.29) is 0 Å². The highest BCUT2D eigenvalue weighted by molar-refractivity contribution is 7.17. The van der Waals surface area contributed by atoms with Crippen molar-refractivity contribution in [1.82, 2.24) is 0 Å². The van der Waals surface area contributed by atoms with Gasteiger partial charge in [-0.25, -0.2) is 0 Å². The van der Waals surface area contributed by atoms with Crippen LogP contribution >= 0.6 is 11.3 Å². The first-order valence-electron chi connectivity index (χ1n) is 5.33. The molecular weight excluding hydrogens is 236 g/mol. The Kier molecular flexibility index (Phi) is 3.48. The fraction of sp³-hybridized carbons (Fsp3) is 0.455. The Bertz CT molecular complexity index is 489. The van der Waals surface area contributed by atoms with Gasteiger partial charge in [0.25, 0.3) is 0 Å². The SMILES string of the molecule is N#Cc1sc(N2CCCOCC2)c(C#N)c1N. The van der Waals surface area contributed by atoms with E-state index in [0.29, 0.717) is 22.7 Å². The van der Waals surface area contributed by atoms with E-state index in [1.54, 1.807) is 0 Å². The Hall–Kier alpha value is -1.76. The molecule has 2 rings (SSSR count). The summed E-state index contributed by atoms with van der Waals surface area (Å²) >= 11 is 1.29. The van der Waals surface area contributed by atoms with Crippen LogP contribution in [0.1, 0.15) is 16.9 Å². The van der Waals surface area contributed by atoms with E-state index < -0.39 is 0 Å². The second kappa shape index (κ2) is 5.05. The van der Waals surface area contributed by atoms with Crippen LogP contribution < -0.4 is 10.6 Å². The van der Waals surface area contributed by atoms with Crippen LogP contribution in [-0.2, 0) is 4.74 Å². The molecule has 0 radical (unpaired) electrons. The van der Waals surface area contributed by atoms with Crippen molar-refractivity contribution < 1.29 is 4.74 Å². The van der Waals surface area contributed by atoms with Crippen molar-refractivity contribution in [3.63, 3.8) is 0 Å². The van der Waals surface area contributed by atoms with Crippen molar-refractivity contribution >= 4 is 22.0 Å². The molecule has 2 N–H and O–H groups in total. The number of hydrogen-bond donors (Lipinski definition) is 1. The fourth-order valence-electron chi connectivity index (χ4n) is 1.79. The number of rotatable bonds is 1. The maximum atomic E-state index is 9.12. The highest BCUT2D eigenvalue weighted by Gasteiger charge is 2.21. The Morgan fingerprint density at radius 1 is 1.24 bits per heavy atom. The lowest BCUT2D eigenvalue weighted by atomic mass is 10.2. The number of nitriles is 2. The van der Waals surface area contributed by atoms with E-state index in [2.05, 4.69) is 11.0 Å². The summed E-state index contributed by atoms with van der Waals surface area (Å²) in [5, 5.41) is 18.9. The second-order valence-electron chi connectivity index (χ2n) is 3.70. The van der Waals surface area contributed by atoms with Crippen molar-refractivity contribution in [3.05, 3.63) is 10.4 Å². The molecule has 1 aromatic heterocycles. The lowest BCUT2D eigenvalue weighted by Crippen LogP contribution is -2.25. The third kappa shape index (κ3) is 2.19. The summed E-state index contributed by atoms with van der Waals surface area (Å²) in [6.07, 6.45) is 0.921. The fourth-order valence-corrected chi connectivity index (χ4v) is 2.81. The summed E-state index contributed by atoms with van der Waals surface area (Å²) in [6, 6.07) is 4.12. The Balaban J connectivity index is 2.37. The van der Waals surface area contributed by atoms with Crippen molar-refractivity contribution in [1.29, 1.82) is 10.5 Å². The van der Waals surface area contributed by atoms with Crippen molar-refractivity contribution in [2.45, 2.75) is 6.42 Å². The van der Waals surface area contributed by atoms with Crippen LogP contribution in [0, 0.1) is 22.7 Å². The van der Waals surface area contributed by atoms with Gasteiger partial charge in [-0.3, -0.25) is 0 Å². The standard InChI is InChI=1S/C11H12N4OS/c12-6-8-10(14)9(7-13)17-11(8)15-2-1-4-16-5-3-15/h1-5,14H2. The van der Waals surface area contributed by atoms with Crippen LogP contribution in [0.2, 0.25) is 0 Å². The molecule has 0 bridgehead atoms. The average molecular weight is 248 g/mol. The van der Waals surface area contributed by atoms with Gasteiger partial charge in [0.2, 0.25) is 0 Å². The quantitative estimate of drug-likeness (QED) is 0.809. The summed E-state index contributed by atoms with van der Waals surface area (Å²) < 4.78 is 5.37. The highest BCUT2D eigenvalue weighted by Crippen LogP contribution is 2.37. The van der Waals surface area contributed by atoms with Gasteiger partial charge in [-0.2, -0.15) is 10.5 Å². The van der Waals surface area contributed by atoms with E-state index in [9.17, 15) is 0 Å². The van der Waals surface area contributed by atoms with Crippen LogP contribution in [0.4, 0.5) is 10.7 Å². The first-order chi connectivity index (χ1) is 8.27. The molecule has 5 nitrogen and oxygen atoms in total. The Morgan fingerprint density at radius 3 is 2.76 bits per heavy atom. The number of anilines is 2. The maximum Gasteiger partial charge on any atom is 0.131 e. The number of nitrogens with zero attached hydrogens (tertiary/aromatic N) is 3. The number of ether oxygens (including phenoxy) is 1. The summed E-state index contributed by atoms with van der Waals surface area (Å²) in [5.41, 5.74) is 6.51. The topological polar surface area (TPSA) is 86.1 Å². The minimum Gasteiger partial charge on any atom is -0.396 e. The summed E-state index contributed by atoms with van der Waals surface area (Å²) in [7, 11) is 0. The molecule has 1 saturated heterocycles. The summed E-state index contributed by atoms with van der Waals surface area (Å²) in [4.78, 5) is 2.50. The van der Waals surface area contributed by atoms with Crippen LogP contribution in [0.15, 0.2) is 0 Å². The van der Waals surface area contributed by atoms with Gasteiger partial charge in [0.05, 0.1) is 12.3 Å². The van der Waals surface area contributed by atoms with Gasteiger partial charge >= 0.3 is 0 Å². The average Bonchev–Trinajstić information content (AvgIpc) is 2.55. The van der Waals surface area contributed by atoms with Gasteiger partial charge in [-0.15, -0.1) is 11.3 Å². The Labute approximate surface area is 104 Å². The van der Waals surface area contributed by atoms with Crippen LogP contribution in [0.5, 0.6) is 0 Å². The molecule has 2 heterocycles. The highest BCUT2D eigenvalue weighted by atomic mass is 32.1.